The first kappa shape index (κ1) is 15.7. The van der Waals surface area contributed by atoms with E-state index >= 15 is 0 Å². The lowest BCUT2D eigenvalue weighted by Gasteiger charge is -2.30. The summed E-state index contributed by atoms with van der Waals surface area (Å²) in [6.07, 6.45) is 5.85. The third kappa shape index (κ3) is 3.91. The van der Waals surface area contributed by atoms with E-state index in [1.165, 1.54) is 19.3 Å². The number of rotatable bonds is 4. The summed E-state index contributed by atoms with van der Waals surface area (Å²) < 4.78 is 0.938. The minimum absolute atomic E-state index is 0.0848. The molecule has 1 aromatic carbocycles. The molecule has 0 aromatic heterocycles. The molecule has 1 aliphatic rings. The van der Waals surface area contributed by atoms with E-state index in [0.717, 1.165) is 16.4 Å². The van der Waals surface area contributed by atoms with Crippen LogP contribution in [0.25, 0.3) is 0 Å². The van der Waals surface area contributed by atoms with Gasteiger partial charge in [-0.2, -0.15) is 0 Å². The zero-order valence-corrected chi connectivity index (χ0v) is 14.2. The second-order valence-electron chi connectivity index (χ2n) is 5.23. The number of nitrogens with two attached hydrogens (primary N) is 1. The zero-order chi connectivity index (χ0) is 14.5. The third-order valence-corrected chi connectivity index (χ3v) is 5.03. The van der Waals surface area contributed by atoms with Crippen LogP contribution in [-0.2, 0) is 0 Å². The van der Waals surface area contributed by atoms with Gasteiger partial charge in [-0.3, -0.25) is 4.79 Å². The third-order valence-electron chi connectivity index (χ3n) is 3.83. The van der Waals surface area contributed by atoms with E-state index < -0.39 is 0 Å². The van der Waals surface area contributed by atoms with Gasteiger partial charge in [-0.15, -0.1) is 0 Å². The molecule has 1 saturated carbocycles. The Labute approximate surface area is 138 Å². The summed E-state index contributed by atoms with van der Waals surface area (Å²) in [4.78, 5) is 12.8. The Bertz CT molecular complexity index is 500. The second-order valence-corrected chi connectivity index (χ2v) is 6.87. The quantitative estimate of drug-likeness (QED) is 0.601. The highest BCUT2D eigenvalue weighted by atomic mass is 127. The van der Waals surface area contributed by atoms with Crippen LogP contribution in [0.5, 0.6) is 0 Å². The maximum Gasteiger partial charge on any atom is 0.252 e. The average Bonchev–Trinajstić information content (AvgIpc) is 2.45. The van der Waals surface area contributed by atoms with E-state index in [9.17, 15) is 4.79 Å². The Morgan fingerprint density at radius 3 is 2.55 bits per heavy atom. The molecule has 0 radical (unpaired) electrons. The molecule has 0 bridgehead atoms. The van der Waals surface area contributed by atoms with Gasteiger partial charge >= 0.3 is 0 Å². The Hall–Kier alpha value is -0.690. The summed E-state index contributed by atoms with van der Waals surface area (Å²) in [5, 5.41) is 3.03. The number of halogens is 1. The summed E-state index contributed by atoms with van der Waals surface area (Å²) in [7, 11) is 0. The summed E-state index contributed by atoms with van der Waals surface area (Å²) in [6.45, 7) is 0. The lowest BCUT2D eigenvalue weighted by atomic mass is 9.83. The first-order chi connectivity index (χ1) is 9.59. The van der Waals surface area contributed by atoms with Crippen molar-refractivity contribution in [2.24, 2.45) is 11.7 Å². The van der Waals surface area contributed by atoms with Crippen molar-refractivity contribution in [3.8, 4) is 0 Å². The van der Waals surface area contributed by atoms with Gasteiger partial charge in [-0.1, -0.05) is 43.6 Å². The van der Waals surface area contributed by atoms with Gasteiger partial charge in [0.1, 0.15) is 0 Å². The van der Waals surface area contributed by atoms with Gasteiger partial charge in [-0.25, -0.2) is 0 Å². The van der Waals surface area contributed by atoms with Crippen molar-refractivity contribution in [3.63, 3.8) is 0 Å². The highest BCUT2D eigenvalue weighted by Crippen LogP contribution is 2.27. The van der Waals surface area contributed by atoms with Gasteiger partial charge < -0.3 is 11.1 Å². The molecule has 1 amide bonds. The predicted molar refractivity (Wildman–Crippen MR) is 93.8 cm³/mol. The molecule has 1 unspecified atom stereocenters. The molecule has 1 atom stereocenters. The standard InChI is InChI=1S/C15H19IN2OS/c16-12-9-5-4-8-11(12)15(19)18-13(14(17)20)10-6-2-1-3-7-10/h4-5,8-10,13H,1-3,6-7H2,(H2,17,20)(H,18,19). The fourth-order valence-corrected chi connectivity index (χ4v) is 3.64. The molecule has 5 heteroatoms. The molecule has 1 aliphatic carbocycles. The van der Waals surface area contributed by atoms with Crippen LogP contribution in [0.4, 0.5) is 0 Å². The number of amides is 1. The van der Waals surface area contributed by atoms with Crippen LogP contribution in [0.1, 0.15) is 42.5 Å². The van der Waals surface area contributed by atoms with Crippen LogP contribution >= 0.6 is 34.8 Å². The molecule has 3 N–H and O–H groups in total. The average molecular weight is 402 g/mol. The van der Waals surface area contributed by atoms with Crippen LogP contribution in [0.15, 0.2) is 24.3 Å². The fraction of sp³-hybridized carbons (Fsp3) is 0.467. The predicted octanol–water partition coefficient (Wildman–Crippen LogP) is 3.26. The van der Waals surface area contributed by atoms with Crippen molar-refractivity contribution in [1.82, 2.24) is 5.32 Å². The first-order valence-electron chi connectivity index (χ1n) is 6.94. The molecular formula is C15H19IN2OS. The topological polar surface area (TPSA) is 55.1 Å². The number of hydrogen-bond acceptors (Lipinski definition) is 2. The minimum Gasteiger partial charge on any atom is -0.392 e. The Morgan fingerprint density at radius 1 is 1.30 bits per heavy atom. The zero-order valence-electron chi connectivity index (χ0n) is 11.3. The van der Waals surface area contributed by atoms with E-state index in [-0.39, 0.29) is 11.9 Å². The van der Waals surface area contributed by atoms with Gasteiger partial charge in [0, 0.05) is 3.57 Å². The fourth-order valence-electron chi connectivity index (χ4n) is 2.75. The van der Waals surface area contributed by atoms with Crippen LogP contribution in [0, 0.1) is 9.49 Å². The molecule has 2 rings (SSSR count). The second kappa shape index (κ2) is 7.36. The van der Waals surface area contributed by atoms with Crippen LogP contribution in [0.2, 0.25) is 0 Å². The van der Waals surface area contributed by atoms with Crippen molar-refractivity contribution in [1.29, 1.82) is 0 Å². The molecule has 0 spiro atoms. The van der Waals surface area contributed by atoms with Gasteiger partial charge in [0.15, 0.2) is 0 Å². The molecular weight excluding hydrogens is 383 g/mol. The number of hydrogen-bond donors (Lipinski definition) is 2. The largest absolute Gasteiger partial charge is 0.392 e. The molecule has 0 heterocycles. The Morgan fingerprint density at radius 2 is 1.95 bits per heavy atom. The van der Waals surface area contributed by atoms with Crippen molar-refractivity contribution in [3.05, 3.63) is 33.4 Å². The Kier molecular flexibility index (Phi) is 5.77. The van der Waals surface area contributed by atoms with Crippen molar-refractivity contribution in [2.45, 2.75) is 38.1 Å². The summed E-state index contributed by atoms with van der Waals surface area (Å²) in [5.41, 5.74) is 6.53. The summed E-state index contributed by atoms with van der Waals surface area (Å²) in [5.74, 6) is 0.296. The van der Waals surface area contributed by atoms with Gasteiger partial charge in [0.2, 0.25) is 0 Å². The van der Waals surface area contributed by atoms with Crippen molar-refractivity contribution < 1.29 is 4.79 Å². The van der Waals surface area contributed by atoms with Crippen LogP contribution < -0.4 is 11.1 Å². The Balaban J connectivity index is 2.10. The van der Waals surface area contributed by atoms with E-state index in [1.807, 2.05) is 24.3 Å². The monoisotopic (exact) mass is 402 g/mol. The number of carbonyl (C=O) groups is 1. The van der Waals surface area contributed by atoms with E-state index in [2.05, 4.69) is 27.9 Å². The van der Waals surface area contributed by atoms with Gasteiger partial charge in [-0.05, 0) is 53.5 Å². The normalized spacial score (nSPS) is 17.4. The van der Waals surface area contributed by atoms with Crippen LogP contribution in [-0.4, -0.2) is 16.9 Å². The van der Waals surface area contributed by atoms with Gasteiger partial charge in [0.05, 0.1) is 16.6 Å². The SMILES string of the molecule is NC(=S)C(NC(=O)c1ccccc1I)C1CCCCC1. The van der Waals surface area contributed by atoms with Crippen molar-refractivity contribution in [2.75, 3.05) is 0 Å². The molecule has 108 valence electrons. The maximum atomic E-state index is 12.4. The van der Waals surface area contributed by atoms with E-state index in [1.54, 1.807) is 0 Å². The molecule has 20 heavy (non-hydrogen) atoms. The number of thiocarbonyl (C=S) groups is 1. The molecule has 0 aliphatic heterocycles. The molecule has 3 nitrogen and oxygen atoms in total. The van der Waals surface area contributed by atoms with Crippen molar-refractivity contribution >= 4 is 45.7 Å². The van der Waals surface area contributed by atoms with Gasteiger partial charge in [0.25, 0.3) is 5.91 Å². The molecule has 1 fully saturated rings. The lowest BCUT2D eigenvalue weighted by Crippen LogP contribution is -2.49. The minimum atomic E-state index is -0.186. The maximum absolute atomic E-state index is 12.4. The number of carbonyl (C=O) groups excluding carboxylic acids is 1. The smallest absolute Gasteiger partial charge is 0.252 e. The number of nitrogens with one attached hydrogen (secondary N) is 1. The van der Waals surface area contributed by atoms with E-state index in [4.69, 9.17) is 18.0 Å². The molecule has 1 aromatic rings. The van der Waals surface area contributed by atoms with E-state index in [0.29, 0.717) is 16.5 Å². The summed E-state index contributed by atoms with van der Waals surface area (Å²) in [6, 6.07) is 7.35. The number of benzene rings is 1. The highest BCUT2D eigenvalue weighted by Gasteiger charge is 2.27. The first-order valence-corrected chi connectivity index (χ1v) is 8.43. The van der Waals surface area contributed by atoms with Crippen LogP contribution in [0.3, 0.4) is 0 Å². The lowest BCUT2D eigenvalue weighted by molar-refractivity contribution is 0.0931. The molecule has 0 saturated heterocycles. The summed E-state index contributed by atoms with van der Waals surface area (Å²) >= 11 is 7.33. The highest BCUT2D eigenvalue weighted by molar-refractivity contribution is 14.1.